The number of thioether (sulfide) groups is 1. The Hall–Kier alpha value is -1.50. The van der Waals surface area contributed by atoms with E-state index in [0.29, 0.717) is 25.2 Å². The molecule has 1 saturated heterocycles. The number of unbranched alkanes of at least 4 members (excludes halogenated alkanes) is 1. The van der Waals surface area contributed by atoms with Crippen molar-refractivity contribution < 1.29 is 14.7 Å². The van der Waals surface area contributed by atoms with Gasteiger partial charge < -0.3 is 10.8 Å². The van der Waals surface area contributed by atoms with Crippen LogP contribution in [0, 0.1) is 0 Å². The molecule has 0 bridgehead atoms. The predicted octanol–water partition coefficient (Wildman–Crippen LogP) is 1.14. The van der Waals surface area contributed by atoms with Gasteiger partial charge in [-0.05, 0) is 26.2 Å². The minimum atomic E-state index is -1.01. The Bertz CT molecular complexity index is 469. The number of rotatable bonds is 6. The Morgan fingerprint density at radius 1 is 1.58 bits per heavy atom. The lowest BCUT2D eigenvalue weighted by molar-refractivity contribution is -0.145. The molecule has 0 radical (unpaired) electrons. The summed E-state index contributed by atoms with van der Waals surface area (Å²) >= 11 is 1.51. The molecule has 19 heavy (non-hydrogen) atoms. The number of allylic oxidation sites excluding steroid dienone is 1. The molecule has 7 heteroatoms. The van der Waals surface area contributed by atoms with E-state index < -0.39 is 5.97 Å². The second-order valence-corrected chi connectivity index (χ2v) is 5.87. The number of aliphatic carboxylic acids is 1. The Morgan fingerprint density at radius 3 is 2.89 bits per heavy atom. The van der Waals surface area contributed by atoms with E-state index in [1.165, 1.54) is 16.7 Å². The number of fused-ring (bicyclic) bond motifs is 1. The van der Waals surface area contributed by atoms with Gasteiger partial charge in [0.1, 0.15) is 5.70 Å². The Labute approximate surface area is 115 Å². The van der Waals surface area contributed by atoms with Crippen molar-refractivity contribution in [3.63, 3.8) is 0 Å². The van der Waals surface area contributed by atoms with Crippen molar-refractivity contribution in [2.45, 2.75) is 38.0 Å². The Morgan fingerprint density at radius 2 is 2.32 bits per heavy atom. The molecule has 0 aromatic rings. The molecule has 1 fully saturated rings. The Kier molecular flexibility index (Phi) is 4.14. The van der Waals surface area contributed by atoms with Crippen LogP contribution in [0.1, 0.15) is 32.6 Å². The molecular weight excluding hydrogens is 266 g/mol. The third-order valence-electron chi connectivity index (χ3n) is 3.06. The molecule has 2 rings (SSSR count). The minimum Gasteiger partial charge on any atom is -0.477 e. The molecule has 1 atom stereocenters. The maximum atomic E-state index is 11.4. The average Bonchev–Trinajstić information content (AvgIpc) is 2.61. The fourth-order valence-electron chi connectivity index (χ4n) is 2.16. The minimum absolute atomic E-state index is 0.0120. The average molecular weight is 283 g/mol. The molecular formula is C12H17N3O3S. The molecule has 2 aliphatic rings. The quantitative estimate of drug-likeness (QED) is 0.330. The second kappa shape index (κ2) is 5.64. The summed E-state index contributed by atoms with van der Waals surface area (Å²) in [4.78, 5) is 28.9. The lowest BCUT2D eigenvalue weighted by atomic mass is 10.1. The zero-order chi connectivity index (χ0) is 14.0. The first-order chi connectivity index (χ1) is 9.00. The van der Waals surface area contributed by atoms with Gasteiger partial charge in [0.05, 0.1) is 17.6 Å². The van der Waals surface area contributed by atoms with Crippen molar-refractivity contribution in [2.24, 2.45) is 10.7 Å². The Balaban J connectivity index is 1.91. The highest BCUT2D eigenvalue weighted by Crippen LogP contribution is 2.47. The first-order valence-electron chi connectivity index (χ1n) is 6.22. The molecule has 0 aromatic carbocycles. The molecule has 1 amide bonds. The van der Waals surface area contributed by atoms with E-state index in [1.54, 1.807) is 6.92 Å². The van der Waals surface area contributed by atoms with E-state index in [2.05, 4.69) is 4.99 Å². The lowest BCUT2D eigenvalue weighted by Gasteiger charge is -2.33. The molecule has 0 aliphatic carbocycles. The van der Waals surface area contributed by atoms with Gasteiger partial charge in [-0.1, -0.05) is 0 Å². The predicted molar refractivity (Wildman–Crippen MR) is 73.5 cm³/mol. The van der Waals surface area contributed by atoms with E-state index in [4.69, 9.17) is 5.73 Å². The molecule has 6 nitrogen and oxygen atoms in total. The maximum Gasteiger partial charge on any atom is 0.353 e. The number of amidine groups is 1. The van der Waals surface area contributed by atoms with Gasteiger partial charge in [-0.2, -0.15) is 0 Å². The number of β-lactam (4-membered cyclic amide) rings is 1. The molecule has 0 aromatic heterocycles. The number of hydrogen-bond acceptors (Lipinski definition) is 4. The molecule has 0 saturated carbocycles. The summed E-state index contributed by atoms with van der Waals surface area (Å²) in [6.07, 6.45) is 2.85. The number of nitrogens with zero attached hydrogens (tertiary/aromatic N) is 2. The number of hydrogen-bond donors (Lipinski definition) is 2. The van der Waals surface area contributed by atoms with Crippen molar-refractivity contribution in [3.05, 3.63) is 10.6 Å². The van der Waals surface area contributed by atoms with E-state index in [-0.39, 0.29) is 17.0 Å². The largest absolute Gasteiger partial charge is 0.477 e. The van der Waals surface area contributed by atoms with E-state index >= 15 is 0 Å². The molecule has 0 spiro atoms. The van der Waals surface area contributed by atoms with Crippen LogP contribution >= 0.6 is 11.8 Å². The topological polar surface area (TPSA) is 96.0 Å². The number of amides is 1. The smallest absolute Gasteiger partial charge is 0.353 e. The number of carbonyl (C=O) groups is 2. The van der Waals surface area contributed by atoms with E-state index in [9.17, 15) is 14.7 Å². The maximum absolute atomic E-state index is 11.4. The fraction of sp³-hybridized carbons (Fsp3) is 0.583. The zero-order valence-corrected chi connectivity index (χ0v) is 11.6. The van der Waals surface area contributed by atoms with E-state index in [0.717, 1.165) is 17.7 Å². The van der Waals surface area contributed by atoms with Gasteiger partial charge in [0.2, 0.25) is 5.91 Å². The van der Waals surface area contributed by atoms with Crippen LogP contribution in [0.5, 0.6) is 0 Å². The monoisotopic (exact) mass is 283 g/mol. The van der Waals surface area contributed by atoms with Crippen molar-refractivity contribution in [3.8, 4) is 0 Å². The standard InChI is InChI=1S/C12H17N3O3S/c1-7(13)14-5-3-2-4-8-11(12(17)18)15-9(16)6-10(15)19-8/h10H,2-6H2,1H3,(H2,13,14)(H,17,18)/t10-/m0/s1. The van der Waals surface area contributed by atoms with Gasteiger partial charge in [-0.25, -0.2) is 4.79 Å². The van der Waals surface area contributed by atoms with Crippen molar-refractivity contribution in [2.75, 3.05) is 6.54 Å². The summed E-state index contributed by atoms with van der Waals surface area (Å²) in [6.45, 7) is 2.41. The van der Waals surface area contributed by atoms with Gasteiger partial charge >= 0.3 is 5.97 Å². The molecule has 2 heterocycles. The van der Waals surface area contributed by atoms with Gasteiger partial charge in [-0.3, -0.25) is 14.7 Å². The van der Waals surface area contributed by atoms with E-state index in [1.807, 2.05) is 0 Å². The van der Waals surface area contributed by atoms with Crippen LogP contribution in [0.2, 0.25) is 0 Å². The van der Waals surface area contributed by atoms with Gasteiger partial charge in [-0.15, -0.1) is 11.8 Å². The van der Waals surface area contributed by atoms with Gasteiger partial charge in [0.25, 0.3) is 0 Å². The highest BCUT2D eigenvalue weighted by atomic mass is 32.2. The third kappa shape index (κ3) is 2.91. The highest BCUT2D eigenvalue weighted by Gasteiger charge is 2.47. The molecule has 3 N–H and O–H groups in total. The van der Waals surface area contributed by atoms with Crippen LogP contribution in [0.3, 0.4) is 0 Å². The molecule has 104 valence electrons. The summed E-state index contributed by atoms with van der Waals surface area (Å²) in [7, 11) is 0. The number of carboxylic acid groups (broad SMARTS) is 1. The van der Waals surface area contributed by atoms with Crippen LogP contribution < -0.4 is 5.73 Å². The van der Waals surface area contributed by atoms with Crippen LogP contribution in [0.15, 0.2) is 15.6 Å². The number of nitrogens with two attached hydrogens (primary N) is 1. The summed E-state index contributed by atoms with van der Waals surface area (Å²) in [6, 6.07) is 0. The first-order valence-corrected chi connectivity index (χ1v) is 7.10. The lowest BCUT2D eigenvalue weighted by Crippen LogP contribution is -2.48. The molecule has 0 unspecified atom stereocenters. The summed E-state index contributed by atoms with van der Waals surface area (Å²) in [5, 5.41) is 9.21. The van der Waals surface area contributed by atoms with Crippen LogP contribution in [0.4, 0.5) is 0 Å². The van der Waals surface area contributed by atoms with Crippen molar-refractivity contribution in [1.82, 2.24) is 4.90 Å². The van der Waals surface area contributed by atoms with Crippen molar-refractivity contribution >= 4 is 29.5 Å². The number of carbonyl (C=O) groups excluding carboxylic acids is 1. The highest BCUT2D eigenvalue weighted by molar-refractivity contribution is 8.04. The second-order valence-electron chi connectivity index (χ2n) is 4.60. The summed E-state index contributed by atoms with van der Waals surface area (Å²) < 4.78 is 0. The fourth-order valence-corrected chi connectivity index (χ4v) is 3.60. The normalized spacial score (nSPS) is 22.6. The zero-order valence-electron chi connectivity index (χ0n) is 10.8. The summed E-state index contributed by atoms with van der Waals surface area (Å²) in [5.74, 6) is -0.530. The van der Waals surface area contributed by atoms with Crippen LogP contribution in [0.25, 0.3) is 0 Å². The SMILES string of the molecule is CC(N)=NCCCCC1=C(C(=O)O)N2C(=O)C[C@@H]2S1. The number of aliphatic imine (C=N–C) groups is 1. The van der Waals surface area contributed by atoms with Gasteiger partial charge in [0.15, 0.2) is 0 Å². The summed E-state index contributed by atoms with van der Waals surface area (Å²) in [5.41, 5.74) is 5.62. The van der Waals surface area contributed by atoms with Crippen molar-refractivity contribution in [1.29, 1.82) is 0 Å². The molecule has 2 aliphatic heterocycles. The third-order valence-corrected chi connectivity index (χ3v) is 4.40. The van der Waals surface area contributed by atoms with Crippen LogP contribution in [-0.4, -0.2) is 39.6 Å². The van der Waals surface area contributed by atoms with Crippen LogP contribution in [-0.2, 0) is 9.59 Å². The first kappa shape index (κ1) is 13.9. The van der Waals surface area contributed by atoms with Gasteiger partial charge in [0, 0.05) is 11.4 Å². The number of carboxylic acids is 1.